The Morgan fingerprint density at radius 2 is 2.35 bits per heavy atom. The van der Waals surface area contributed by atoms with Gasteiger partial charge in [0.15, 0.2) is 0 Å². The molecule has 0 bridgehead atoms. The molecule has 0 aliphatic rings. The maximum absolute atomic E-state index is 13.1. The summed E-state index contributed by atoms with van der Waals surface area (Å²) in [7, 11) is 1.50. The summed E-state index contributed by atoms with van der Waals surface area (Å²) in [5.74, 6) is -0.512. The lowest BCUT2D eigenvalue weighted by Crippen LogP contribution is -2.44. The van der Waals surface area contributed by atoms with E-state index in [9.17, 15) is 9.18 Å². The number of ether oxygens (including phenoxy) is 1. The van der Waals surface area contributed by atoms with E-state index < -0.39 is 6.04 Å². The Labute approximate surface area is 116 Å². The van der Waals surface area contributed by atoms with Crippen molar-refractivity contribution >= 4 is 16.8 Å². The molecule has 1 amide bonds. The van der Waals surface area contributed by atoms with Crippen LogP contribution in [0.25, 0.3) is 10.9 Å². The first-order valence-electron chi connectivity index (χ1n) is 6.39. The molecular formula is C14H18FN3O2. The molecule has 1 unspecified atom stereocenters. The second-order valence-electron chi connectivity index (χ2n) is 4.61. The topological polar surface area (TPSA) is 80.1 Å². The second-order valence-corrected chi connectivity index (χ2v) is 4.61. The predicted molar refractivity (Wildman–Crippen MR) is 74.8 cm³/mol. The van der Waals surface area contributed by atoms with Gasteiger partial charge in [-0.25, -0.2) is 4.39 Å². The van der Waals surface area contributed by atoms with Crippen molar-refractivity contribution in [2.45, 2.75) is 12.5 Å². The van der Waals surface area contributed by atoms with Gasteiger partial charge in [-0.3, -0.25) is 4.79 Å². The van der Waals surface area contributed by atoms with Crippen LogP contribution in [0.3, 0.4) is 0 Å². The van der Waals surface area contributed by atoms with Crippen LogP contribution < -0.4 is 11.1 Å². The monoisotopic (exact) mass is 279 g/mol. The molecule has 6 heteroatoms. The molecule has 0 aliphatic carbocycles. The molecule has 0 saturated heterocycles. The first kappa shape index (κ1) is 14.5. The zero-order valence-corrected chi connectivity index (χ0v) is 11.3. The fourth-order valence-electron chi connectivity index (χ4n) is 2.07. The molecule has 20 heavy (non-hydrogen) atoms. The minimum atomic E-state index is -0.655. The molecule has 0 fully saturated rings. The number of nitrogens with two attached hydrogens (primary N) is 1. The van der Waals surface area contributed by atoms with Crippen LogP contribution in [0.5, 0.6) is 0 Å². The highest BCUT2D eigenvalue weighted by Crippen LogP contribution is 2.19. The number of methoxy groups -OCH3 is 1. The van der Waals surface area contributed by atoms with Crippen LogP contribution in [0.2, 0.25) is 0 Å². The fourth-order valence-corrected chi connectivity index (χ4v) is 2.07. The molecule has 2 rings (SSSR count). The van der Waals surface area contributed by atoms with Gasteiger partial charge in [0.2, 0.25) is 5.91 Å². The number of halogens is 1. The summed E-state index contributed by atoms with van der Waals surface area (Å²) in [6.07, 6.45) is 2.47. The lowest BCUT2D eigenvalue weighted by atomic mass is 10.1. The number of fused-ring (bicyclic) bond motifs is 1. The lowest BCUT2D eigenvalue weighted by Gasteiger charge is -2.10. The van der Waals surface area contributed by atoms with E-state index >= 15 is 0 Å². The second kappa shape index (κ2) is 6.49. The van der Waals surface area contributed by atoms with E-state index in [4.69, 9.17) is 10.5 Å². The van der Waals surface area contributed by atoms with E-state index in [2.05, 4.69) is 10.3 Å². The number of rotatable bonds is 6. The van der Waals surface area contributed by atoms with Gasteiger partial charge >= 0.3 is 0 Å². The number of carbonyl (C=O) groups is 1. The van der Waals surface area contributed by atoms with Crippen LogP contribution in [0.15, 0.2) is 24.4 Å². The van der Waals surface area contributed by atoms with Crippen molar-refractivity contribution in [2.75, 3.05) is 20.3 Å². The van der Waals surface area contributed by atoms with E-state index in [0.717, 1.165) is 16.5 Å². The number of hydrogen-bond donors (Lipinski definition) is 3. The molecule has 5 nitrogen and oxygen atoms in total. The highest BCUT2D eigenvalue weighted by Gasteiger charge is 2.12. The smallest absolute Gasteiger partial charge is 0.239 e. The molecule has 1 heterocycles. The van der Waals surface area contributed by atoms with Crippen LogP contribution in [0.4, 0.5) is 4.39 Å². The number of aromatic nitrogens is 1. The number of carbonyl (C=O) groups excluding carboxylic acids is 1. The molecule has 4 N–H and O–H groups in total. The number of nitrogens with one attached hydrogen (secondary N) is 2. The Kier molecular flexibility index (Phi) is 4.70. The fraction of sp³-hybridized carbons (Fsp3) is 0.357. The van der Waals surface area contributed by atoms with Crippen molar-refractivity contribution in [3.05, 3.63) is 35.8 Å². The van der Waals surface area contributed by atoms with Crippen molar-refractivity contribution < 1.29 is 13.9 Å². The summed E-state index contributed by atoms with van der Waals surface area (Å²) in [6, 6.07) is 3.95. The third-order valence-electron chi connectivity index (χ3n) is 3.11. The van der Waals surface area contributed by atoms with E-state index in [1.54, 1.807) is 6.07 Å². The summed E-state index contributed by atoms with van der Waals surface area (Å²) in [5.41, 5.74) is 7.39. The van der Waals surface area contributed by atoms with Gasteiger partial charge in [0, 0.05) is 30.8 Å². The van der Waals surface area contributed by atoms with Gasteiger partial charge in [-0.05, 0) is 30.2 Å². The van der Waals surface area contributed by atoms with Gasteiger partial charge in [-0.2, -0.15) is 0 Å². The summed E-state index contributed by atoms with van der Waals surface area (Å²) >= 11 is 0. The highest BCUT2D eigenvalue weighted by atomic mass is 19.1. The average Bonchev–Trinajstić information content (AvgIpc) is 2.81. The number of aromatic amines is 1. The Balaban J connectivity index is 1.92. The molecule has 0 spiro atoms. The van der Waals surface area contributed by atoms with Crippen molar-refractivity contribution in [1.29, 1.82) is 0 Å². The number of benzene rings is 1. The Hall–Kier alpha value is -1.92. The van der Waals surface area contributed by atoms with Crippen LogP contribution in [0, 0.1) is 5.82 Å². The quantitative estimate of drug-likeness (QED) is 0.736. The third kappa shape index (κ3) is 3.34. The summed E-state index contributed by atoms with van der Waals surface area (Å²) in [5, 5.41) is 3.71. The van der Waals surface area contributed by atoms with Crippen molar-refractivity contribution in [1.82, 2.24) is 10.3 Å². The van der Waals surface area contributed by atoms with Gasteiger partial charge < -0.3 is 20.8 Å². The molecule has 1 aromatic heterocycles. The third-order valence-corrected chi connectivity index (χ3v) is 3.11. The normalized spacial score (nSPS) is 12.6. The molecule has 0 saturated carbocycles. The van der Waals surface area contributed by atoms with Gasteiger partial charge in [0.25, 0.3) is 0 Å². The standard InChI is InChI=1S/C14H18FN3O2/c1-20-8-12(16)14(19)17-5-4-9-7-18-13-6-10(15)2-3-11(9)13/h2-3,6-7,12,18H,4-5,8,16H2,1H3,(H,17,19). The minimum absolute atomic E-state index is 0.193. The van der Waals surface area contributed by atoms with E-state index in [1.807, 2.05) is 6.20 Å². The molecule has 1 atom stereocenters. The zero-order chi connectivity index (χ0) is 14.5. The van der Waals surface area contributed by atoms with Crippen molar-refractivity contribution in [2.24, 2.45) is 5.73 Å². The molecule has 108 valence electrons. The molecule has 1 aromatic carbocycles. The van der Waals surface area contributed by atoms with Gasteiger partial charge in [-0.15, -0.1) is 0 Å². The van der Waals surface area contributed by atoms with Crippen LogP contribution >= 0.6 is 0 Å². The Bertz CT molecular complexity index is 597. The molecule has 2 aromatic rings. The van der Waals surface area contributed by atoms with Gasteiger partial charge in [0.05, 0.1) is 6.61 Å². The predicted octanol–water partition coefficient (Wildman–Crippen LogP) is 0.939. The summed E-state index contributed by atoms with van der Waals surface area (Å²) in [4.78, 5) is 14.6. The summed E-state index contributed by atoms with van der Waals surface area (Å²) in [6.45, 7) is 0.665. The van der Waals surface area contributed by atoms with Crippen molar-refractivity contribution in [3.63, 3.8) is 0 Å². The first-order valence-corrected chi connectivity index (χ1v) is 6.39. The molecular weight excluding hydrogens is 261 g/mol. The summed E-state index contributed by atoms with van der Waals surface area (Å²) < 4.78 is 17.9. The maximum atomic E-state index is 13.1. The number of hydrogen-bond acceptors (Lipinski definition) is 3. The van der Waals surface area contributed by atoms with Gasteiger partial charge in [0.1, 0.15) is 11.9 Å². The van der Waals surface area contributed by atoms with Crippen LogP contribution in [-0.4, -0.2) is 37.2 Å². The van der Waals surface area contributed by atoms with E-state index in [-0.39, 0.29) is 18.3 Å². The SMILES string of the molecule is COCC(N)C(=O)NCCc1c[nH]c2cc(F)ccc12. The van der Waals surface area contributed by atoms with E-state index in [1.165, 1.54) is 19.2 Å². The number of amides is 1. The molecule has 0 radical (unpaired) electrons. The zero-order valence-electron chi connectivity index (χ0n) is 11.3. The lowest BCUT2D eigenvalue weighted by molar-refractivity contribution is -0.123. The Morgan fingerprint density at radius 1 is 1.55 bits per heavy atom. The highest BCUT2D eigenvalue weighted by molar-refractivity contribution is 5.84. The van der Waals surface area contributed by atoms with Crippen LogP contribution in [0.1, 0.15) is 5.56 Å². The van der Waals surface area contributed by atoms with Crippen LogP contribution in [-0.2, 0) is 16.0 Å². The first-order chi connectivity index (χ1) is 9.61. The Morgan fingerprint density at radius 3 is 3.10 bits per heavy atom. The molecule has 0 aliphatic heterocycles. The minimum Gasteiger partial charge on any atom is -0.383 e. The van der Waals surface area contributed by atoms with E-state index in [0.29, 0.717) is 13.0 Å². The largest absolute Gasteiger partial charge is 0.383 e. The van der Waals surface area contributed by atoms with Crippen molar-refractivity contribution in [3.8, 4) is 0 Å². The average molecular weight is 279 g/mol. The maximum Gasteiger partial charge on any atom is 0.239 e. The van der Waals surface area contributed by atoms with Gasteiger partial charge in [-0.1, -0.05) is 0 Å². The number of H-pyrrole nitrogens is 1.